The van der Waals surface area contributed by atoms with Gasteiger partial charge in [-0.3, -0.25) is 0 Å². The number of benzene rings is 1. The van der Waals surface area contributed by atoms with Crippen LogP contribution < -0.4 is 5.32 Å². The van der Waals surface area contributed by atoms with Crippen molar-refractivity contribution in [3.05, 3.63) is 34.9 Å². The molecule has 0 aliphatic carbocycles. The van der Waals surface area contributed by atoms with Gasteiger partial charge in [0.2, 0.25) is 0 Å². The zero-order valence-corrected chi connectivity index (χ0v) is 18.8. The van der Waals surface area contributed by atoms with Gasteiger partial charge in [0.15, 0.2) is 0 Å². The second-order valence-corrected chi connectivity index (χ2v) is 13.6. The van der Waals surface area contributed by atoms with Crippen LogP contribution in [0, 0.1) is 0 Å². The van der Waals surface area contributed by atoms with Crippen LogP contribution in [0.25, 0.3) is 0 Å². The number of aryl methyl sites for hydroxylation is 1. The third-order valence-corrected chi connectivity index (χ3v) is 9.43. The van der Waals surface area contributed by atoms with Gasteiger partial charge >= 0.3 is 0 Å². The van der Waals surface area contributed by atoms with E-state index in [1.54, 1.807) is 0 Å². The molecular weight excluding hydrogens is 342 g/mol. The highest BCUT2D eigenvalue weighted by atomic mass is 32.3. The lowest BCUT2D eigenvalue weighted by atomic mass is 9.85. The maximum atomic E-state index is 10.1. The first kappa shape index (κ1) is 21.7. The molecule has 0 fully saturated rings. The lowest BCUT2D eigenvalue weighted by molar-refractivity contribution is 0.0713. The van der Waals surface area contributed by atoms with Gasteiger partial charge in [0.1, 0.15) is 0 Å². The summed E-state index contributed by atoms with van der Waals surface area (Å²) in [6, 6.07) is 7.30. The summed E-state index contributed by atoms with van der Waals surface area (Å²) in [6.45, 7) is 13.6. The molecule has 1 aliphatic heterocycles. The Kier molecular flexibility index (Phi) is 6.55. The Hall–Kier alpha value is -0.550. The first-order chi connectivity index (χ1) is 11.8. The zero-order valence-electron chi connectivity index (χ0n) is 18.0. The van der Waals surface area contributed by atoms with E-state index in [9.17, 15) is 5.11 Å². The highest BCUT2D eigenvalue weighted by Crippen LogP contribution is 2.53. The molecule has 1 aromatic carbocycles. The van der Waals surface area contributed by atoms with Gasteiger partial charge in [-0.25, -0.2) is 0 Å². The van der Waals surface area contributed by atoms with E-state index in [1.807, 2.05) is 13.8 Å². The molecule has 0 spiro atoms. The van der Waals surface area contributed by atoms with Crippen molar-refractivity contribution in [1.82, 2.24) is 5.32 Å². The largest absolute Gasteiger partial charge is 0.390 e. The van der Waals surface area contributed by atoms with E-state index in [0.717, 1.165) is 25.9 Å². The van der Waals surface area contributed by atoms with Crippen molar-refractivity contribution in [3.8, 4) is 0 Å². The Bertz CT molecular complexity index is 614. The molecule has 0 radical (unpaired) electrons. The fraction of sp³-hybridized carbons (Fsp3) is 0.727. The lowest BCUT2D eigenvalue weighted by Crippen LogP contribution is -2.42. The fourth-order valence-electron chi connectivity index (χ4n) is 3.27. The Morgan fingerprint density at radius 1 is 1.19 bits per heavy atom. The molecule has 2 atom stereocenters. The van der Waals surface area contributed by atoms with E-state index in [4.69, 9.17) is 4.18 Å². The predicted octanol–water partition coefficient (Wildman–Crippen LogP) is 4.76. The Morgan fingerprint density at radius 2 is 1.85 bits per heavy atom. The maximum absolute atomic E-state index is 10.1. The summed E-state index contributed by atoms with van der Waals surface area (Å²) in [4.78, 5) is 0. The predicted molar refractivity (Wildman–Crippen MR) is 115 cm³/mol. The van der Waals surface area contributed by atoms with Crippen molar-refractivity contribution < 1.29 is 9.29 Å². The topological polar surface area (TPSA) is 41.5 Å². The van der Waals surface area contributed by atoms with Crippen LogP contribution >= 0.6 is 10.3 Å². The zero-order chi connectivity index (χ0) is 19.8. The smallest absolute Gasteiger partial charge is 0.0749 e. The molecule has 26 heavy (non-hydrogen) atoms. The third-order valence-electron chi connectivity index (χ3n) is 5.76. The molecular formula is C22H39NO2S. The molecule has 1 heterocycles. The third kappa shape index (κ3) is 5.48. The summed E-state index contributed by atoms with van der Waals surface area (Å²) < 4.78 is 6.62. The highest BCUT2D eigenvalue weighted by Gasteiger charge is 2.31. The Morgan fingerprint density at radius 3 is 2.42 bits per heavy atom. The summed E-state index contributed by atoms with van der Waals surface area (Å²) in [5.41, 5.74) is 3.62. The van der Waals surface area contributed by atoms with Crippen molar-refractivity contribution in [2.45, 2.75) is 83.2 Å². The van der Waals surface area contributed by atoms with E-state index in [1.165, 1.54) is 16.7 Å². The molecule has 0 bridgehead atoms. The quantitative estimate of drug-likeness (QED) is 0.746. The van der Waals surface area contributed by atoms with Crippen LogP contribution in [0.4, 0.5) is 0 Å². The molecule has 0 aromatic heterocycles. The van der Waals surface area contributed by atoms with Crippen LogP contribution in [-0.2, 0) is 17.0 Å². The van der Waals surface area contributed by atoms with Gasteiger partial charge in [-0.05, 0) is 69.2 Å². The molecule has 150 valence electrons. The minimum Gasteiger partial charge on any atom is -0.390 e. The monoisotopic (exact) mass is 381 g/mol. The lowest BCUT2D eigenvalue weighted by Gasteiger charge is -2.45. The number of rotatable bonds is 6. The van der Waals surface area contributed by atoms with Crippen LogP contribution in [-0.4, -0.2) is 40.6 Å². The molecule has 0 saturated carbocycles. The van der Waals surface area contributed by atoms with Crippen LogP contribution in [0.5, 0.6) is 0 Å². The Labute approximate surface area is 162 Å². The van der Waals surface area contributed by atoms with Crippen LogP contribution in [0.3, 0.4) is 0 Å². The number of aliphatic hydroxyl groups is 1. The number of nitrogens with one attached hydrogen (secondary N) is 1. The second kappa shape index (κ2) is 7.83. The van der Waals surface area contributed by atoms with Gasteiger partial charge in [0, 0.05) is 16.8 Å². The maximum Gasteiger partial charge on any atom is 0.0749 e. The molecule has 4 heteroatoms. The molecule has 2 rings (SSSR count). The summed E-state index contributed by atoms with van der Waals surface area (Å²) in [5.74, 6) is 0. The number of hydrogen-bond donors (Lipinski definition) is 2. The van der Waals surface area contributed by atoms with E-state index < -0.39 is 15.9 Å². The minimum atomic E-state index is -1.10. The standard InChI is InChI=1S/C22H39NO2S/c1-16-19-11-9-10-17(12-13-22(5,6)24)20(19)14-18(23-16)15-25-26(7,8)21(2,3)4/h9-11,16,18,23-24H,12-15H2,1-8H3/t16?,18-/m1/s1. The molecule has 3 nitrogen and oxygen atoms in total. The average Bonchev–Trinajstić information content (AvgIpc) is 2.49. The van der Waals surface area contributed by atoms with E-state index in [-0.39, 0.29) is 4.75 Å². The SMILES string of the molecule is CC1N[C@@H](COS(C)(C)C(C)(C)C)Cc2c(CCC(C)(C)O)cccc21. The van der Waals surface area contributed by atoms with Gasteiger partial charge in [-0.15, -0.1) is 10.3 Å². The summed E-state index contributed by atoms with van der Waals surface area (Å²) >= 11 is 0. The Balaban J connectivity index is 2.12. The second-order valence-electron chi connectivity index (χ2n) is 9.72. The molecule has 0 amide bonds. The molecule has 1 aliphatic rings. The average molecular weight is 382 g/mol. The van der Waals surface area contributed by atoms with Crippen molar-refractivity contribution in [2.75, 3.05) is 19.1 Å². The van der Waals surface area contributed by atoms with E-state index >= 15 is 0 Å². The van der Waals surface area contributed by atoms with Crippen LogP contribution in [0.2, 0.25) is 0 Å². The summed E-state index contributed by atoms with van der Waals surface area (Å²) in [5, 5.41) is 13.8. The van der Waals surface area contributed by atoms with Crippen molar-refractivity contribution in [3.63, 3.8) is 0 Å². The molecule has 1 unspecified atom stereocenters. The van der Waals surface area contributed by atoms with Crippen molar-refractivity contribution in [1.29, 1.82) is 0 Å². The van der Waals surface area contributed by atoms with Crippen molar-refractivity contribution >= 4 is 10.3 Å². The van der Waals surface area contributed by atoms with E-state index in [2.05, 4.69) is 63.7 Å². The van der Waals surface area contributed by atoms with Crippen molar-refractivity contribution in [2.24, 2.45) is 0 Å². The van der Waals surface area contributed by atoms with Gasteiger partial charge < -0.3 is 14.6 Å². The fourth-order valence-corrected chi connectivity index (χ4v) is 4.13. The molecule has 2 N–H and O–H groups in total. The first-order valence-corrected chi connectivity index (χ1v) is 12.1. The highest BCUT2D eigenvalue weighted by molar-refractivity contribution is 8.29. The van der Waals surface area contributed by atoms with Gasteiger partial charge in [-0.1, -0.05) is 39.0 Å². The number of fused-ring (bicyclic) bond motifs is 1. The van der Waals surface area contributed by atoms with Gasteiger partial charge in [0.25, 0.3) is 0 Å². The van der Waals surface area contributed by atoms with Gasteiger partial charge in [0.05, 0.1) is 12.2 Å². The van der Waals surface area contributed by atoms with E-state index in [0.29, 0.717) is 12.1 Å². The normalized spacial score (nSPS) is 22.2. The number of hydrogen-bond acceptors (Lipinski definition) is 3. The van der Waals surface area contributed by atoms with Crippen LogP contribution in [0.15, 0.2) is 18.2 Å². The molecule has 0 saturated heterocycles. The first-order valence-electron chi connectivity index (χ1n) is 9.76. The van der Waals surface area contributed by atoms with Crippen LogP contribution in [0.1, 0.15) is 70.7 Å². The minimum absolute atomic E-state index is 0.184. The summed E-state index contributed by atoms with van der Waals surface area (Å²) in [6.07, 6.45) is 7.24. The molecule has 1 aromatic rings. The van der Waals surface area contributed by atoms with Gasteiger partial charge in [-0.2, -0.15) is 0 Å². The summed E-state index contributed by atoms with van der Waals surface area (Å²) in [7, 11) is -1.10.